The van der Waals surface area contributed by atoms with Crippen molar-refractivity contribution in [3.05, 3.63) is 65.9 Å². The van der Waals surface area contributed by atoms with Crippen LogP contribution in [0.4, 0.5) is 0 Å². The molecule has 0 bridgehead atoms. The van der Waals surface area contributed by atoms with Gasteiger partial charge < -0.3 is 24.4 Å². The topological polar surface area (TPSA) is 98.4 Å². The molecular weight excluding hydrogens is 428 g/mol. The molecule has 1 saturated carbocycles. The third-order valence-corrected chi connectivity index (χ3v) is 6.02. The van der Waals surface area contributed by atoms with Crippen LogP contribution in [-0.4, -0.2) is 40.6 Å². The van der Waals surface area contributed by atoms with Gasteiger partial charge >= 0.3 is 0 Å². The fourth-order valence-electron chi connectivity index (χ4n) is 3.01. The number of hydrogen-bond donors (Lipinski definition) is 2. The third-order valence-electron chi connectivity index (χ3n) is 4.94. The molecule has 9 heteroatoms. The van der Waals surface area contributed by atoms with E-state index in [2.05, 4.69) is 15.6 Å². The van der Waals surface area contributed by atoms with E-state index >= 15 is 0 Å². The molecule has 168 valence electrons. The van der Waals surface area contributed by atoms with Gasteiger partial charge in [-0.1, -0.05) is 23.9 Å². The number of amides is 2. The van der Waals surface area contributed by atoms with Crippen LogP contribution in [0.25, 0.3) is 0 Å². The van der Waals surface area contributed by atoms with Crippen molar-refractivity contribution < 1.29 is 18.7 Å². The summed E-state index contributed by atoms with van der Waals surface area (Å²) in [4.78, 5) is 28.3. The summed E-state index contributed by atoms with van der Waals surface area (Å²) in [6, 6.07) is 11.4. The molecule has 32 heavy (non-hydrogen) atoms. The smallest absolute Gasteiger partial charge is 0.287 e. The molecule has 1 aromatic carbocycles. The van der Waals surface area contributed by atoms with Crippen LogP contribution in [0.3, 0.4) is 0 Å². The number of hydrogen-bond acceptors (Lipinski definition) is 6. The highest BCUT2D eigenvalue weighted by molar-refractivity contribution is 7.98. The number of ether oxygens (including phenoxy) is 1. The zero-order chi connectivity index (χ0) is 22.3. The average molecular weight is 455 g/mol. The Morgan fingerprint density at radius 3 is 2.75 bits per heavy atom. The van der Waals surface area contributed by atoms with Gasteiger partial charge in [0.2, 0.25) is 0 Å². The van der Waals surface area contributed by atoms with E-state index in [1.54, 1.807) is 24.0 Å². The van der Waals surface area contributed by atoms with Gasteiger partial charge in [-0.05, 0) is 49.1 Å². The molecule has 0 aliphatic heterocycles. The number of rotatable bonds is 11. The standard InChI is InChI=1S/C23H26N4O4S/c1-27-13-12-25-23(27)32-15-19-8-9-20(31-19)22(29)24-11-10-16-2-6-18(7-3-16)30-14-21(28)26-17-4-5-17/h2-3,6-9,12-13,17H,4-5,10-11,14-15H2,1H3,(H,24,29)(H,26,28). The highest BCUT2D eigenvalue weighted by atomic mass is 32.2. The Balaban J connectivity index is 1.16. The van der Waals surface area contributed by atoms with Gasteiger partial charge in [-0.15, -0.1) is 0 Å². The highest BCUT2D eigenvalue weighted by Gasteiger charge is 2.23. The van der Waals surface area contributed by atoms with Crippen LogP contribution in [0.15, 0.2) is 58.4 Å². The quantitative estimate of drug-likeness (QED) is 0.432. The molecule has 1 aliphatic carbocycles. The second-order valence-electron chi connectivity index (χ2n) is 7.66. The first kappa shape index (κ1) is 22.0. The van der Waals surface area contributed by atoms with Crippen molar-refractivity contribution in [3.8, 4) is 5.75 Å². The Morgan fingerprint density at radius 2 is 2.03 bits per heavy atom. The summed E-state index contributed by atoms with van der Waals surface area (Å²) < 4.78 is 13.1. The first-order chi connectivity index (χ1) is 15.6. The van der Waals surface area contributed by atoms with E-state index in [0.29, 0.717) is 36.3 Å². The minimum atomic E-state index is -0.236. The van der Waals surface area contributed by atoms with Gasteiger partial charge in [0.15, 0.2) is 17.5 Å². The maximum atomic E-state index is 12.3. The molecule has 1 fully saturated rings. The normalized spacial score (nSPS) is 13.0. The molecule has 0 saturated heterocycles. The number of carbonyl (C=O) groups excluding carboxylic acids is 2. The number of carbonyl (C=O) groups is 2. The van der Waals surface area contributed by atoms with Gasteiger partial charge in [0.1, 0.15) is 11.5 Å². The van der Waals surface area contributed by atoms with E-state index in [9.17, 15) is 9.59 Å². The number of nitrogens with one attached hydrogen (secondary N) is 2. The van der Waals surface area contributed by atoms with Crippen molar-refractivity contribution in [2.45, 2.75) is 36.2 Å². The summed E-state index contributed by atoms with van der Waals surface area (Å²) in [5.41, 5.74) is 1.06. The Morgan fingerprint density at radius 1 is 1.22 bits per heavy atom. The zero-order valence-electron chi connectivity index (χ0n) is 17.9. The molecule has 2 heterocycles. The van der Waals surface area contributed by atoms with Crippen LogP contribution in [0.1, 0.15) is 34.7 Å². The number of furan rings is 1. The average Bonchev–Trinajstić information content (AvgIpc) is 3.30. The predicted molar refractivity (Wildman–Crippen MR) is 121 cm³/mol. The van der Waals surface area contributed by atoms with Gasteiger partial charge in [0, 0.05) is 32.0 Å². The molecular formula is C23H26N4O4S. The van der Waals surface area contributed by atoms with Gasteiger partial charge in [-0.3, -0.25) is 9.59 Å². The fraction of sp³-hybridized carbons (Fsp3) is 0.348. The number of thioether (sulfide) groups is 1. The lowest BCUT2D eigenvalue weighted by atomic mass is 10.1. The van der Waals surface area contributed by atoms with Crippen molar-refractivity contribution in [1.82, 2.24) is 20.2 Å². The van der Waals surface area contributed by atoms with Crippen molar-refractivity contribution >= 4 is 23.6 Å². The first-order valence-corrected chi connectivity index (χ1v) is 11.5. The third kappa shape index (κ3) is 6.40. The van der Waals surface area contributed by atoms with Crippen LogP contribution in [0.2, 0.25) is 0 Å². The molecule has 1 aliphatic rings. The predicted octanol–water partition coefficient (Wildman–Crippen LogP) is 2.94. The van der Waals surface area contributed by atoms with E-state index in [4.69, 9.17) is 9.15 Å². The lowest BCUT2D eigenvalue weighted by molar-refractivity contribution is -0.123. The van der Waals surface area contributed by atoms with Crippen LogP contribution in [0.5, 0.6) is 5.75 Å². The lowest BCUT2D eigenvalue weighted by Crippen LogP contribution is -2.30. The second kappa shape index (κ2) is 10.4. The van der Waals surface area contributed by atoms with Gasteiger partial charge in [-0.2, -0.15) is 0 Å². The molecule has 2 amide bonds. The molecule has 0 spiro atoms. The first-order valence-electron chi connectivity index (χ1n) is 10.5. The monoisotopic (exact) mass is 454 g/mol. The molecule has 0 unspecified atom stereocenters. The van der Waals surface area contributed by atoms with Crippen LogP contribution >= 0.6 is 11.8 Å². The highest BCUT2D eigenvalue weighted by Crippen LogP contribution is 2.22. The van der Waals surface area contributed by atoms with E-state index in [0.717, 1.165) is 29.3 Å². The molecule has 2 N–H and O–H groups in total. The number of aromatic nitrogens is 2. The summed E-state index contributed by atoms with van der Waals surface area (Å²) in [5, 5.41) is 6.66. The summed E-state index contributed by atoms with van der Waals surface area (Å²) in [5.74, 6) is 1.96. The number of nitrogens with zero attached hydrogens (tertiary/aromatic N) is 2. The van der Waals surface area contributed by atoms with Crippen molar-refractivity contribution in [3.63, 3.8) is 0 Å². The number of benzene rings is 1. The number of imidazole rings is 1. The van der Waals surface area contributed by atoms with Gasteiger partial charge in [0.05, 0.1) is 5.75 Å². The van der Waals surface area contributed by atoms with E-state index in [1.807, 2.05) is 48.1 Å². The molecule has 8 nitrogen and oxygen atoms in total. The summed E-state index contributed by atoms with van der Waals surface area (Å²) in [7, 11) is 1.94. The minimum Gasteiger partial charge on any atom is -0.484 e. The van der Waals surface area contributed by atoms with Gasteiger partial charge in [-0.25, -0.2) is 4.98 Å². The largest absolute Gasteiger partial charge is 0.484 e. The Labute approximate surface area is 190 Å². The van der Waals surface area contributed by atoms with Crippen LogP contribution in [0, 0.1) is 0 Å². The van der Waals surface area contributed by atoms with Crippen molar-refractivity contribution in [1.29, 1.82) is 0 Å². The summed E-state index contributed by atoms with van der Waals surface area (Å²) in [6.45, 7) is 0.512. The Kier molecular flexibility index (Phi) is 7.16. The van der Waals surface area contributed by atoms with E-state index in [1.165, 1.54) is 0 Å². The molecule has 0 radical (unpaired) electrons. The number of aryl methyl sites for hydroxylation is 1. The maximum Gasteiger partial charge on any atom is 0.287 e. The minimum absolute atomic E-state index is 0.0250. The van der Waals surface area contributed by atoms with Crippen LogP contribution in [-0.2, 0) is 24.0 Å². The lowest BCUT2D eigenvalue weighted by Gasteiger charge is -2.08. The summed E-state index contributed by atoms with van der Waals surface area (Å²) in [6.07, 6.45) is 6.43. The van der Waals surface area contributed by atoms with E-state index < -0.39 is 0 Å². The van der Waals surface area contributed by atoms with Crippen molar-refractivity contribution in [2.75, 3.05) is 13.2 Å². The molecule has 0 atom stereocenters. The zero-order valence-corrected chi connectivity index (χ0v) is 18.7. The van der Waals surface area contributed by atoms with Crippen LogP contribution < -0.4 is 15.4 Å². The van der Waals surface area contributed by atoms with Gasteiger partial charge in [0.25, 0.3) is 11.8 Å². The second-order valence-corrected chi connectivity index (χ2v) is 8.60. The molecule has 2 aromatic heterocycles. The SMILES string of the molecule is Cn1ccnc1SCc1ccc(C(=O)NCCc2ccc(OCC(=O)NC3CC3)cc2)o1. The summed E-state index contributed by atoms with van der Waals surface area (Å²) >= 11 is 1.55. The molecule has 3 aromatic rings. The Hall–Kier alpha value is -3.20. The van der Waals surface area contributed by atoms with Crippen molar-refractivity contribution in [2.24, 2.45) is 7.05 Å². The fourth-order valence-corrected chi connectivity index (χ4v) is 3.84. The molecule has 4 rings (SSSR count). The Bertz CT molecular complexity index is 1060. The van der Waals surface area contributed by atoms with E-state index in [-0.39, 0.29) is 18.4 Å². The maximum absolute atomic E-state index is 12.3.